The Labute approximate surface area is 118 Å². The summed E-state index contributed by atoms with van der Waals surface area (Å²) in [6.45, 7) is 2.98. The van der Waals surface area contributed by atoms with Crippen LogP contribution in [0, 0.1) is 13.8 Å². The van der Waals surface area contributed by atoms with Gasteiger partial charge in [0.05, 0.1) is 5.39 Å². The van der Waals surface area contributed by atoms with Crippen molar-refractivity contribution in [2.24, 2.45) is 0 Å². The van der Waals surface area contributed by atoms with Crippen molar-refractivity contribution in [1.82, 2.24) is 9.97 Å². The van der Waals surface area contributed by atoms with E-state index < -0.39 is 25.0 Å². The molecule has 2 rings (SSSR count). The third-order valence-electron chi connectivity index (χ3n) is 2.90. The minimum Gasteiger partial charge on any atom is -0.480 e. The van der Waals surface area contributed by atoms with Gasteiger partial charge in [0.2, 0.25) is 0 Å². The lowest BCUT2D eigenvalue weighted by molar-refractivity contribution is -0.136. The fraction of sp³-hybridized carbons (Fsp3) is 0.333. The molecule has 20 heavy (non-hydrogen) atoms. The van der Waals surface area contributed by atoms with Gasteiger partial charge in [-0.25, -0.2) is 9.97 Å². The van der Waals surface area contributed by atoms with Crippen LogP contribution in [0.2, 0.25) is 0 Å². The maximum atomic E-state index is 10.9. The fourth-order valence-electron chi connectivity index (χ4n) is 1.94. The molecule has 0 radical (unpaired) electrons. The number of thiophene rings is 1. The number of aryl methyl sites for hydroxylation is 2. The van der Waals surface area contributed by atoms with E-state index in [1.807, 2.05) is 13.8 Å². The lowest BCUT2D eigenvalue weighted by Crippen LogP contribution is -2.35. The predicted octanol–water partition coefficient (Wildman–Crippen LogP) is 1.28. The highest BCUT2D eigenvalue weighted by Gasteiger charge is 2.21. The summed E-state index contributed by atoms with van der Waals surface area (Å²) in [5.41, 5.74) is 0.946. The van der Waals surface area contributed by atoms with Crippen molar-refractivity contribution in [2.75, 3.05) is 18.0 Å². The van der Waals surface area contributed by atoms with Crippen LogP contribution in [-0.4, -0.2) is 45.2 Å². The van der Waals surface area contributed by atoms with Crippen molar-refractivity contribution in [2.45, 2.75) is 13.8 Å². The van der Waals surface area contributed by atoms with Crippen molar-refractivity contribution in [3.8, 4) is 0 Å². The monoisotopic (exact) mass is 295 g/mol. The van der Waals surface area contributed by atoms with E-state index in [9.17, 15) is 9.59 Å². The first-order valence-corrected chi connectivity index (χ1v) is 6.61. The van der Waals surface area contributed by atoms with Crippen LogP contribution in [0.3, 0.4) is 0 Å². The quantitative estimate of drug-likeness (QED) is 0.856. The maximum absolute atomic E-state index is 10.9. The second-order valence-corrected chi connectivity index (χ2v) is 5.51. The van der Waals surface area contributed by atoms with E-state index in [1.54, 1.807) is 0 Å². The molecule has 0 fully saturated rings. The molecule has 0 saturated carbocycles. The molecule has 0 aliphatic carbocycles. The molecule has 0 unspecified atom stereocenters. The highest BCUT2D eigenvalue weighted by molar-refractivity contribution is 7.18. The van der Waals surface area contributed by atoms with Crippen molar-refractivity contribution in [3.05, 3.63) is 16.8 Å². The summed E-state index contributed by atoms with van der Waals surface area (Å²) in [5.74, 6) is -1.87. The molecule has 8 heteroatoms. The molecule has 0 aliphatic rings. The summed E-state index contributed by atoms with van der Waals surface area (Å²) >= 11 is 1.48. The van der Waals surface area contributed by atoms with Crippen LogP contribution in [0.4, 0.5) is 5.82 Å². The third-order valence-corrected chi connectivity index (χ3v) is 4.01. The van der Waals surface area contributed by atoms with Crippen LogP contribution in [0.15, 0.2) is 6.33 Å². The third kappa shape index (κ3) is 2.69. The van der Waals surface area contributed by atoms with Gasteiger partial charge in [0.1, 0.15) is 30.1 Å². The number of hydrogen-bond acceptors (Lipinski definition) is 6. The summed E-state index contributed by atoms with van der Waals surface area (Å²) in [5, 5.41) is 18.6. The first kappa shape index (κ1) is 14.2. The van der Waals surface area contributed by atoms with Gasteiger partial charge in [0.15, 0.2) is 0 Å². The molecule has 7 nitrogen and oxygen atoms in total. The van der Waals surface area contributed by atoms with E-state index in [-0.39, 0.29) is 0 Å². The molecule has 0 amide bonds. The first-order chi connectivity index (χ1) is 9.40. The number of carboxylic acids is 2. The molecule has 0 aromatic carbocycles. The van der Waals surface area contributed by atoms with Gasteiger partial charge < -0.3 is 15.1 Å². The van der Waals surface area contributed by atoms with Crippen molar-refractivity contribution >= 4 is 39.3 Å². The van der Waals surface area contributed by atoms with E-state index in [1.165, 1.54) is 22.6 Å². The van der Waals surface area contributed by atoms with Gasteiger partial charge in [-0.15, -0.1) is 11.3 Å². The summed E-state index contributed by atoms with van der Waals surface area (Å²) in [7, 11) is 0. The molecule has 0 saturated heterocycles. The standard InChI is InChI=1S/C12H13N3O4S/c1-6-7(2)20-12-10(6)11(13-5-14-12)15(3-8(16)17)4-9(18)19/h5H,3-4H2,1-2H3,(H,16,17)(H,18,19). The molecule has 2 aromatic rings. The van der Waals surface area contributed by atoms with Crippen LogP contribution in [0.1, 0.15) is 10.4 Å². The molecule has 0 atom stereocenters. The lowest BCUT2D eigenvalue weighted by Gasteiger charge is -2.20. The molecule has 106 valence electrons. The second kappa shape index (κ2) is 5.41. The highest BCUT2D eigenvalue weighted by Crippen LogP contribution is 2.34. The van der Waals surface area contributed by atoms with Gasteiger partial charge in [-0.1, -0.05) is 0 Å². The van der Waals surface area contributed by atoms with Crippen LogP contribution >= 0.6 is 11.3 Å². The Kier molecular flexibility index (Phi) is 3.84. The molecule has 2 N–H and O–H groups in total. The average molecular weight is 295 g/mol. The molecule has 0 bridgehead atoms. The maximum Gasteiger partial charge on any atom is 0.323 e. The van der Waals surface area contributed by atoms with Crippen LogP contribution in [0.25, 0.3) is 10.2 Å². The van der Waals surface area contributed by atoms with Crippen molar-refractivity contribution in [1.29, 1.82) is 0 Å². The van der Waals surface area contributed by atoms with E-state index in [2.05, 4.69) is 9.97 Å². The Bertz CT molecular complexity index is 667. The van der Waals surface area contributed by atoms with Crippen LogP contribution in [-0.2, 0) is 9.59 Å². The zero-order chi connectivity index (χ0) is 14.9. The SMILES string of the molecule is Cc1sc2ncnc(N(CC(=O)O)CC(=O)O)c2c1C. The van der Waals surface area contributed by atoms with Crippen LogP contribution in [0.5, 0.6) is 0 Å². The number of rotatable bonds is 5. The summed E-state index contributed by atoms with van der Waals surface area (Å²) in [6, 6.07) is 0. The topological polar surface area (TPSA) is 104 Å². The number of carbonyl (C=O) groups is 2. The normalized spacial score (nSPS) is 10.7. The summed E-state index contributed by atoms with van der Waals surface area (Å²) in [6.07, 6.45) is 1.32. The number of carboxylic acid groups (broad SMARTS) is 2. The van der Waals surface area contributed by atoms with Crippen LogP contribution < -0.4 is 4.90 Å². The fourth-order valence-corrected chi connectivity index (χ4v) is 2.93. The van der Waals surface area contributed by atoms with Gasteiger partial charge in [0.25, 0.3) is 0 Å². The predicted molar refractivity (Wildman–Crippen MR) is 74.4 cm³/mol. The number of aromatic nitrogens is 2. The zero-order valence-electron chi connectivity index (χ0n) is 11.0. The van der Waals surface area contributed by atoms with Gasteiger partial charge in [-0.3, -0.25) is 9.59 Å². The van der Waals surface area contributed by atoms with Crippen molar-refractivity contribution < 1.29 is 19.8 Å². The number of nitrogens with zero attached hydrogens (tertiary/aromatic N) is 3. The average Bonchev–Trinajstić information content (AvgIpc) is 2.63. The Morgan fingerprint density at radius 3 is 2.35 bits per heavy atom. The van der Waals surface area contributed by atoms with E-state index in [0.717, 1.165) is 20.7 Å². The molecule has 0 spiro atoms. The Morgan fingerprint density at radius 1 is 1.20 bits per heavy atom. The molecular weight excluding hydrogens is 282 g/mol. The number of anilines is 1. The zero-order valence-corrected chi connectivity index (χ0v) is 11.8. The lowest BCUT2D eigenvalue weighted by atomic mass is 10.2. The minimum absolute atomic E-state index is 0.349. The summed E-state index contributed by atoms with van der Waals surface area (Å²) in [4.78, 5) is 33.1. The van der Waals surface area contributed by atoms with E-state index >= 15 is 0 Å². The number of hydrogen-bond donors (Lipinski definition) is 2. The van der Waals surface area contributed by atoms with E-state index in [4.69, 9.17) is 10.2 Å². The Balaban J connectivity index is 2.57. The Hall–Kier alpha value is -2.22. The van der Waals surface area contributed by atoms with Gasteiger partial charge >= 0.3 is 11.9 Å². The van der Waals surface area contributed by atoms with E-state index in [0.29, 0.717) is 5.82 Å². The first-order valence-electron chi connectivity index (χ1n) is 5.79. The molecular formula is C12H13N3O4S. The highest BCUT2D eigenvalue weighted by atomic mass is 32.1. The number of fused-ring (bicyclic) bond motifs is 1. The van der Waals surface area contributed by atoms with Gasteiger partial charge in [0, 0.05) is 4.88 Å². The molecule has 0 aliphatic heterocycles. The molecule has 2 aromatic heterocycles. The largest absolute Gasteiger partial charge is 0.480 e. The Morgan fingerprint density at radius 2 is 1.80 bits per heavy atom. The van der Waals surface area contributed by atoms with Gasteiger partial charge in [-0.2, -0.15) is 0 Å². The van der Waals surface area contributed by atoms with Crippen molar-refractivity contribution in [3.63, 3.8) is 0 Å². The number of aliphatic carboxylic acids is 2. The molecule has 2 heterocycles. The minimum atomic E-state index is -1.11. The smallest absolute Gasteiger partial charge is 0.323 e. The van der Waals surface area contributed by atoms with Gasteiger partial charge in [-0.05, 0) is 19.4 Å². The second-order valence-electron chi connectivity index (χ2n) is 4.30. The summed E-state index contributed by atoms with van der Waals surface area (Å²) < 4.78 is 0.